The van der Waals surface area contributed by atoms with Crippen molar-refractivity contribution in [3.8, 4) is 17.2 Å². The van der Waals surface area contributed by atoms with Crippen LogP contribution in [0.3, 0.4) is 0 Å². The Labute approximate surface area is 216 Å². The summed E-state index contributed by atoms with van der Waals surface area (Å²) in [4.78, 5) is 24.9. The van der Waals surface area contributed by atoms with Gasteiger partial charge in [0.2, 0.25) is 0 Å². The van der Waals surface area contributed by atoms with Crippen LogP contribution < -0.4 is 19.6 Å². The van der Waals surface area contributed by atoms with E-state index < -0.39 is 18.0 Å². The second kappa shape index (κ2) is 11.5. The van der Waals surface area contributed by atoms with Crippen LogP contribution in [0.2, 0.25) is 0 Å². The molecule has 8 heteroatoms. The Bertz CT molecular complexity index is 1430. The van der Waals surface area contributed by atoms with E-state index in [9.17, 15) is 9.59 Å². The second-order valence-corrected chi connectivity index (χ2v) is 8.70. The molecule has 0 fully saturated rings. The van der Waals surface area contributed by atoms with Gasteiger partial charge in [0.15, 0.2) is 17.6 Å². The minimum absolute atomic E-state index is 0.265. The van der Waals surface area contributed by atoms with Crippen molar-refractivity contribution in [2.75, 3.05) is 7.11 Å². The van der Waals surface area contributed by atoms with E-state index >= 15 is 0 Å². The van der Waals surface area contributed by atoms with Crippen molar-refractivity contribution in [3.63, 3.8) is 0 Å². The lowest BCUT2D eigenvalue weighted by Gasteiger charge is -2.14. The van der Waals surface area contributed by atoms with Crippen LogP contribution in [0.15, 0.2) is 94.5 Å². The van der Waals surface area contributed by atoms with Crippen LogP contribution >= 0.6 is 15.9 Å². The molecule has 1 amide bonds. The van der Waals surface area contributed by atoms with Crippen molar-refractivity contribution in [1.29, 1.82) is 0 Å². The van der Waals surface area contributed by atoms with E-state index in [4.69, 9.17) is 14.2 Å². The van der Waals surface area contributed by atoms with Gasteiger partial charge in [-0.1, -0.05) is 58.4 Å². The van der Waals surface area contributed by atoms with E-state index in [1.807, 2.05) is 48.5 Å². The van der Waals surface area contributed by atoms with Crippen molar-refractivity contribution >= 4 is 44.8 Å². The maximum Gasteiger partial charge on any atom is 0.343 e. The highest BCUT2D eigenvalue weighted by atomic mass is 79.9. The number of carbonyl (C=O) groups is 2. The maximum atomic E-state index is 12.5. The van der Waals surface area contributed by atoms with E-state index in [0.717, 1.165) is 15.2 Å². The predicted octanol–water partition coefficient (Wildman–Crippen LogP) is 5.75. The van der Waals surface area contributed by atoms with Crippen molar-refractivity contribution in [1.82, 2.24) is 5.43 Å². The maximum absolute atomic E-state index is 12.5. The van der Waals surface area contributed by atoms with Crippen LogP contribution in [0.5, 0.6) is 17.2 Å². The first-order valence-electron chi connectivity index (χ1n) is 11.1. The van der Waals surface area contributed by atoms with E-state index in [0.29, 0.717) is 22.6 Å². The molecule has 4 aromatic rings. The Morgan fingerprint density at radius 2 is 1.69 bits per heavy atom. The number of nitrogens with zero attached hydrogens (tertiary/aromatic N) is 1. The van der Waals surface area contributed by atoms with Crippen LogP contribution in [-0.2, 0) is 4.79 Å². The minimum atomic E-state index is -0.762. The van der Waals surface area contributed by atoms with E-state index in [2.05, 4.69) is 26.5 Å². The average Bonchev–Trinajstić information content (AvgIpc) is 2.89. The molecule has 1 N–H and O–H groups in total. The number of fused-ring (bicyclic) bond motifs is 1. The van der Waals surface area contributed by atoms with Crippen LogP contribution in [0.4, 0.5) is 0 Å². The van der Waals surface area contributed by atoms with Gasteiger partial charge in [0.1, 0.15) is 5.75 Å². The number of benzene rings is 4. The Morgan fingerprint density at radius 3 is 2.50 bits per heavy atom. The molecule has 0 saturated carbocycles. The fourth-order valence-corrected chi connectivity index (χ4v) is 3.83. The fraction of sp³-hybridized carbons (Fsp3) is 0.107. The van der Waals surface area contributed by atoms with Gasteiger partial charge in [-0.15, -0.1) is 0 Å². The minimum Gasteiger partial charge on any atom is -0.493 e. The van der Waals surface area contributed by atoms with Gasteiger partial charge in [-0.3, -0.25) is 4.79 Å². The summed E-state index contributed by atoms with van der Waals surface area (Å²) in [6, 6.07) is 25.3. The van der Waals surface area contributed by atoms with Gasteiger partial charge >= 0.3 is 5.97 Å². The number of rotatable bonds is 8. The summed E-state index contributed by atoms with van der Waals surface area (Å²) in [5.74, 6) is 0.327. The fourth-order valence-electron chi connectivity index (χ4n) is 3.43. The molecule has 1 atom stereocenters. The summed E-state index contributed by atoms with van der Waals surface area (Å²) in [5.41, 5.74) is 3.52. The summed E-state index contributed by atoms with van der Waals surface area (Å²) in [5, 5.41) is 5.97. The number of halogens is 1. The van der Waals surface area contributed by atoms with Crippen molar-refractivity contribution in [3.05, 3.63) is 101 Å². The number of hydrogen-bond donors (Lipinski definition) is 1. The molecule has 182 valence electrons. The Morgan fingerprint density at radius 1 is 0.917 bits per heavy atom. The Kier molecular flexibility index (Phi) is 7.97. The number of carbonyl (C=O) groups excluding carboxylic acids is 2. The molecule has 0 spiro atoms. The quantitative estimate of drug-likeness (QED) is 0.132. The number of ether oxygens (including phenoxy) is 3. The molecule has 36 heavy (non-hydrogen) atoms. The number of nitrogens with one attached hydrogen (secondary N) is 1. The van der Waals surface area contributed by atoms with Crippen molar-refractivity contribution in [2.45, 2.75) is 13.0 Å². The number of hydrazone groups is 1. The number of methoxy groups -OCH3 is 1. The van der Waals surface area contributed by atoms with Gasteiger partial charge in [-0.05, 0) is 60.3 Å². The van der Waals surface area contributed by atoms with Crippen molar-refractivity contribution < 1.29 is 23.8 Å². The lowest BCUT2D eigenvalue weighted by Crippen LogP contribution is -2.33. The lowest BCUT2D eigenvalue weighted by atomic mass is 10.1. The summed E-state index contributed by atoms with van der Waals surface area (Å²) in [6.07, 6.45) is 0.702. The van der Waals surface area contributed by atoms with Crippen molar-refractivity contribution in [2.24, 2.45) is 5.10 Å². The van der Waals surface area contributed by atoms with E-state index in [1.165, 1.54) is 13.3 Å². The zero-order valence-corrected chi connectivity index (χ0v) is 21.2. The van der Waals surface area contributed by atoms with E-state index in [-0.39, 0.29) is 5.75 Å². The third-order valence-electron chi connectivity index (χ3n) is 5.26. The molecule has 0 radical (unpaired) electrons. The van der Waals surface area contributed by atoms with Gasteiger partial charge < -0.3 is 14.2 Å². The summed E-state index contributed by atoms with van der Waals surface area (Å²) < 4.78 is 17.5. The van der Waals surface area contributed by atoms with Gasteiger partial charge in [0.25, 0.3) is 5.91 Å². The Balaban J connectivity index is 1.38. The lowest BCUT2D eigenvalue weighted by molar-refractivity contribution is -0.127. The summed E-state index contributed by atoms with van der Waals surface area (Å²) in [6.45, 7) is 1.66. The molecule has 4 rings (SSSR count). The molecule has 0 aliphatic rings. The van der Waals surface area contributed by atoms with Crippen LogP contribution in [-0.4, -0.2) is 31.3 Å². The molecule has 0 aliphatic carbocycles. The zero-order valence-electron chi connectivity index (χ0n) is 19.6. The molecule has 0 aliphatic heterocycles. The second-order valence-electron chi connectivity index (χ2n) is 7.78. The SMILES string of the molecule is COc1cc(/C=N\NC(=O)[C@@H](C)Oc2cccc3ccccc23)ccc1OC(=O)c1cccc(Br)c1. The van der Waals surface area contributed by atoms with E-state index in [1.54, 1.807) is 43.3 Å². The predicted molar refractivity (Wildman–Crippen MR) is 142 cm³/mol. The molecule has 4 aromatic carbocycles. The van der Waals surface area contributed by atoms with Crippen LogP contribution in [0.25, 0.3) is 10.8 Å². The zero-order chi connectivity index (χ0) is 25.5. The molecular weight excluding hydrogens is 524 g/mol. The largest absolute Gasteiger partial charge is 0.493 e. The summed E-state index contributed by atoms with van der Waals surface area (Å²) in [7, 11) is 1.47. The monoisotopic (exact) mass is 546 g/mol. The highest BCUT2D eigenvalue weighted by molar-refractivity contribution is 9.10. The highest BCUT2D eigenvalue weighted by Gasteiger charge is 2.16. The molecular formula is C28H23BrN2O5. The van der Waals surface area contributed by atoms with Gasteiger partial charge in [0, 0.05) is 9.86 Å². The standard InChI is InChI=1S/C28H23BrN2O5/c1-18(35-24-12-6-8-20-7-3-4-11-23(20)24)27(32)31-30-17-19-13-14-25(26(15-19)34-2)36-28(33)21-9-5-10-22(29)16-21/h3-18H,1-2H3,(H,31,32)/b30-17-/t18-/m1/s1. The number of esters is 1. The first-order chi connectivity index (χ1) is 17.4. The normalized spacial score (nSPS) is 11.8. The third-order valence-corrected chi connectivity index (χ3v) is 5.75. The molecule has 0 saturated heterocycles. The average molecular weight is 547 g/mol. The number of amides is 1. The first kappa shape index (κ1) is 24.9. The smallest absolute Gasteiger partial charge is 0.343 e. The molecule has 7 nitrogen and oxygen atoms in total. The molecule has 0 heterocycles. The van der Waals surface area contributed by atoms with Crippen LogP contribution in [0.1, 0.15) is 22.8 Å². The third kappa shape index (κ3) is 6.09. The molecule has 0 unspecified atom stereocenters. The summed E-state index contributed by atoms with van der Waals surface area (Å²) >= 11 is 3.34. The molecule has 0 bridgehead atoms. The first-order valence-corrected chi connectivity index (χ1v) is 11.9. The molecule has 0 aromatic heterocycles. The number of hydrogen-bond acceptors (Lipinski definition) is 6. The van der Waals surface area contributed by atoms with Gasteiger partial charge in [0.05, 0.1) is 18.9 Å². The van der Waals surface area contributed by atoms with Gasteiger partial charge in [-0.2, -0.15) is 5.10 Å². The van der Waals surface area contributed by atoms with Gasteiger partial charge in [-0.25, -0.2) is 10.2 Å². The highest BCUT2D eigenvalue weighted by Crippen LogP contribution is 2.29. The Hall–Kier alpha value is -4.17. The topological polar surface area (TPSA) is 86.2 Å². The van der Waals surface area contributed by atoms with Crippen LogP contribution in [0, 0.1) is 0 Å².